The topological polar surface area (TPSA) is 29.5 Å². The largest absolute Gasteiger partial charge is 0.478 e. The molecule has 0 spiro atoms. The summed E-state index contributed by atoms with van der Waals surface area (Å²) < 4.78 is 6.80. The molecule has 0 bridgehead atoms. The molecule has 3 nitrogen and oxygen atoms in total. The van der Waals surface area contributed by atoms with Gasteiger partial charge in [-0.2, -0.15) is 0 Å². The van der Waals surface area contributed by atoms with Gasteiger partial charge in [0.05, 0.1) is 5.69 Å². The minimum atomic E-state index is -0.354. The van der Waals surface area contributed by atoms with Crippen LogP contribution in [0.2, 0.25) is 0 Å². The summed E-state index contributed by atoms with van der Waals surface area (Å²) >= 11 is 3.54. The summed E-state index contributed by atoms with van der Waals surface area (Å²) in [5, 5.41) is 0. The summed E-state index contributed by atoms with van der Waals surface area (Å²) in [4.78, 5) is 13.8. The van der Waals surface area contributed by atoms with Crippen molar-refractivity contribution in [3.63, 3.8) is 0 Å². The van der Waals surface area contributed by atoms with E-state index >= 15 is 0 Å². The van der Waals surface area contributed by atoms with Gasteiger partial charge in [-0.05, 0) is 37.5 Å². The Labute approximate surface area is 110 Å². The predicted molar refractivity (Wildman–Crippen MR) is 71.7 cm³/mol. The Morgan fingerprint density at radius 2 is 2.12 bits per heavy atom. The summed E-state index contributed by atoms with van der Waals surface area (Å²) in [7, 11) is 1.81. The van der Waals surface area contributed by atoms with Crippen molar-refractivity contribution in [1.82, 2.24) is 0 Å². The highest BCUT2D eigenvalue weighted by Crippen LogP contribution is 2.41. The van der Waals surface area contributed by atoms with Crippen LogP contribution in [0.3, 0.4) is 0 Å². The molecule has 1 amide bonds. The first-order chi connectivity index (χ1) is 7.97. The van der Waals surface area contributed by atoms with Crippen LogP contribution in [-0.2, 0) is 4.79 Å². The number of nitrogens with zero attached hydrogens (tertiary/aromatic N) is 1. The number of aryl methyl sites for hydroxylation is 1. The highest BCUT2D eigenvalue weighted by Gasteiger charge is 2.32. The Bertz CT molecular complexity index is 485. The molecule has 0 fully saturated rings. The van der Waals surface area contributed by atoms with Crippen molar-refractivity contribution in [2.24, 2.45) is 0 Å². The van der Waals surface area contributed by atoms with E-state index in [1.165, 1.54) is 0 Å². The molecular formula is C13H16BrNO2. The SMILES string of the molecule is CCC1Oc2cc(C)c(Br)c(C)c2N(C)C1=O. The van der Waals surface area contributed by atoms with Crippen molar-refractivity contribution in [3.8, 4) is 5.75 Å². The lowest BCUT2D eigenvalue weighted by atomic mass is 10.1. The highest BCUT2D eigenvalue weighted by molar-refractivity contribution is 9.10. The smallest absolute Gasteiger partial charge is 0.267 e. The van der Waals surface area contributed by atoms with Crippen molar-refractivity contribution in [1.29, 1.82) is 0 Å². The lowest BCUT2D eigenvalue weighted by molar-refractivity contribution is -0.126. The molecule has 2 rings (SSSR count). The number of ether oxygens (including phenoxy) is 1. The molecule has 0 aliphatic carbocycles. The van der Waals surface area contributed by atoms with Crippen molar-refractivity contribution < 1.29 is 9.53 Å². The summed E-state index contributed by atoms with van der Waals surface area (Å²) in [5.74, 6) is 0.830. The molecule has 1 aromatic rings. The molecule has 0 radical (unpaired) electrons. The number of likely N-dealkylation sites (N-methyl/N-ethyl adjacent to an activating group) is 1. The van der Waals surface area contributed by atoms with Gasteiger partial charge in [-0.3, -0.25) is 4.79 Å². The first-order valence-corrected chi connectivity index (χ1v) is 6.50. The molecule has 1 aliphatic heterocycles. The lowest BCUT2D eigenvalue weighted by Gasteiger charge is -2.33. The first-order valence-electron chi connectivity index (χ1n) is 5.71. The standard InChI is InChI=1S/C13H16BrNO2/c1-5-9-13(16)15(4)12-8(3)11(14)7(2)6-10(12)17-9/h6,9H,5H2,1-4H3. The number of benzene rings is 1. The minimum absolute atomic E-state index is 0.0267. The number of rotatable bonds is 1. The molecule has 4 heteroatoms. The molecule has 1 atom stereocenters. The van der Waals surface area contributed by atoms with Gasteiger partial charge in [0, 0.05) is 11.5 Å². The van der Waals surface area contributed by atoms with E-state index in [4.69, 9.17) is 4.74 Å². The first kappa shape index (κ1) is 12.4. The Morgan fingerprint density at radius 1 is 1.47 bits per heavy atom. The maximum absolute atomic E-state index is 12.1. The molecule has 0 saturated carbocycles. The lowest BCUT2D eigenvalue weighted by Crippen LogP contribution is -2.43. The minimum Gasteiger partial charge on any atom is -0.478 e. The second kappa shape index (κ2) is 4.33. The number of hydrogen-bond acceptors (Lipinski definition) is 2. The third-order valence-electron chi connectivity index (χ3n) is 3.19. The maximum atomic E-state index is 12.1. The van der Waals surface area contributed by atoms with Gasteiger partial charge in [-0.1, -0.05) is 22.9 Å². The zero-order valence-electron chi connectivity index (χ0n) is 10.5. The second-order valence-electron chi connectivity index (χ2n) is 4.39. The van der Waals surface area contributed by atoms with E-state index in [1.54, 1.807) is 11.9 Å². The Hall–Kier alpha value is -1.03. The number of halogens is 1. The van der Waals surface area contributed by atoms with Gasteiger partial charge in [0.1, 0.15) is 5.75 Å². The molecule has 1 unspecified atom stereocenters. The molecule has 92 valence electrons. The third kappa shape index (κ3) is 1.84. The number of amides is 1. The predicted octanol–water partition coefficient (Wildman–Crippen LogP) is 3.20. The van der Waals surface area contributed by atoms with E-state index in [2.05, 4.69) is 15.9 Å². The van der Waals surface area contributed by atoms with Crippen LogP contribution < -0.4 is 9.64 Å². The number of carbonyl (C=O) groups excluding carboxylic acids is 1. The van der Waals surface area contributed by atoms with E-state index in [9.17, 15) is 4.79 Å². The van der Waals surface area contributed by atoms with Gasteiger partial charge >= 0.3 is 0 Å². The van der Waals surface area contributed by atoms with Crippen LogP contribution in [0.4, 0.5) is 5.69 Å². The summed E-state index contributed by atoms with van der Waals surface area (Å²) in [6, 6.07) is 1.98. The fourth-order valence-electron chi connectivity index (χ4n) is 2.21. The molecule has 17 heavy (non-hydrogen) atoms. The van der Waals surface area contributed by atoms with Gasteiger partial charge in [-0.25, -0.2) is 0 Å². The number of fused-ring (bicyclic) bond motifs is 1. The monoisotopic (exact) mass is 297 g/mol. The summed E-state index contributed by atoms with van der Waals surface area (Å²) in [5.41, 5.74) is 3.04. The van der Waals surface area contributed by atoms with Crippen molar-refractivity contribution in [2.45, 2.75) is 33.3 Å². The van der Waals surface area contributed by atoms with Gasteiger partial charge in [0.2, 0.25) is 0 Å². The van der Waals surface area contributed by atoms with E-state index in [0.29, 0.717) is 6.42 Å². The van der Waals surface area contributed by atoms with E-state index in [0.717, 1.165) is 27.0 Å². The third-order valence-corrected chi connectivity index (χ3v) is 4.41. The molecule has 1 aromatic carbocycles. The van der Waals surface area contributed by atoms with Crippen LogP contribution in [0.5, 0.6) is 5.75 Å². The van der Waals surface area contributed by atoms with Crippen LogP contribution in [-0.4, -0.2) is 19.1 Å². The number of hydrogen-bond donors (Lipinski definition) is 0. The zero-order valence-corrected chi connectivity index (χ0v) is 12.1. The van der Waals surface area contributed by atoms with Crippen molar-refractivity contribution >= 4 is 27.5 Å². The molecular weight excluding hydrogens is 282 g/mol. The number of carbonyl (C=O) groups is 1. The van der Waals surface area contributed by atoms with Crippen LogP contribution >= 0.6 is 15.9 Å². The molecule has 1 aliphatic rings. The average Bonchev–Trinajstić information content (AvgIpc) is 2.30. The normalized spacial score (nSPS) is 19.0. The zero-order chi connectivity index (χ0) is 12.7. The summed E-state index contributed by atoms with van der Waals surface area (Å²) in [6.07, 6.45) is 0.337. The Morgan fingerprint density at radius 3 is 2.71 bits per heavy atom. The van der Waals surface area contributed by atoms with Crippen molar-refractivity contribution in [3.05, 3.63) is 21.7 Å². The quantitative estimate of drug-likeness (QED) is 0.797. The van der Waals surface area contributed by atoms with Crippen LogP contribution in [0.25, 0.3) is 0 Å². The van der Waals surface area contributed by atoms with Crippen LogP contribution in [0, 0.1) is 13.8 Å². The van der Waals surface area contributed by atoms with Gasteiger partial charge in [-0.15, -0.1) is 0 Å². The average molecular weight is 298 g/mol. The molecule has 0 aromatic heterocycles. The molecule has 0 saturated heterocycles. The van der Waals surface area contributed by atoms with E-state index < -0.39 is 0 Å². The maximum Gasteiger partial charge on any atom is 0.267 e. The Balaban J connectivity index is 2.61. The summed E-state index contributed by atoms with van der Waals surface area (Å²) in [6.45, 7) is 5.98. The van der Waals surface area contributed by atoms with E-state index in [1.807, 2.05) is 26.8 Å². The molecule has 1 heterocycles. The van der Waals surface area contributed by atoms with Crippen molar-refractivity contribution in [2.75, 3.05) is 11.9 Å². The highest BCUT2D eigenvalue weighted by atomic mass is 79.9. The fraction of sp³-hybridized carbons (Fsp3) is 0.462. The van der Waals surface area contributed by atoms with Crippen LogP contribution in [0.15, 0.2) is 10.5 Å². The Kier molecular flexibility index (Phi) is 3.17. The van der Waals surface area contributed by atoms with Gasteiger partial charge in [0.15, 0.2) is 6.10 Å². The molecule has 0 N–H and O–H groups in total. The van der Waals surface area contributed by atoms with E-state index in [-0.39, 0.29) is 12.0 Å². The second-order valence-corrected chi connectivity index (χ2v) is 5.18. The van der Waals surface area contributed by atoms with Gasteiger partial charge in [0.25, 0.3) is 5.91 Å². The van der Waals surface area contributed by atoms with Crippen LogP contribution in [0.1, 0.15) is 24.5 Å². The number of anilines is 1. The van der Waals surface area contributed by atoms with Gasteiger partial charge < -0.3 is 9.64 Å². The fourth-order valence-corrected chi connectivity index (χ4v) is 2.51.